The van der Waals surface area contributed by atoms with Crippen molar-refractivity contribution < 1.29 is 26.7 Å². The summed E-state index contributed by atoms with van der Waals surface area (Å²) in [5, 5.41) is 9.81. The Labute approximate surface area is 131 Å². The Hall–Kier alpha value is -1.87. The van der Waals surface area contributed by atoms with E-state index in [0.717, 1.165) is 12.3 Å². The minimum atomic E-state index is -4.51. The predicted octanol–water partition coefficient (Wildman–Crippen LogP) is 1.91. The van der Waals surface area contributed by atoms with E-state index in [1.54, 1.807) is 0 Å². The lowest BCUT2D eigenvalue weighted by atomic mass is 10.0. The molecule has 0 aliphatic heterocycles. The minimum Gasteiger partial charge on any atom is -0.391 e. The fraction of sp³-hybridized carbons (Fsp3) is 0.357. The molecule has 126 valence electrons. The first-order valence-electron chi connectivity index (χ1n) is 6.63. The molecule has 9 heteroatoms. The second kappa shape index (κ2) is 6.32. The summed E-state index contributed by atoms with van der Waals surface area (Å²) in [6.07, 6.45) is -2.37. The average Bonchev–Trinajstić information content (AvgIpc) is 2.86. The van der Waals surface area contributed by atoms with E-state index in [9.17, 15) is 26.7 Å². The lowest BCUT2D eigenvalue weighted by Gasteiger charge is -2.17. The Morgan fingerprint density at radius 1 is 1.30 bits per heavy atom. The van der Waals surface area contributed by atoms with E-state index in [4.69, 9.17) is 0 Å². The molecule has 0 fully saturated rings. The fourth-order valence-corrected chi connectivity index (χ4v) is 3.10. The number of rotatable bonds is 5. The third-order valence-corrected chi connectivity index (χ3v) is 4.20. The number of aromatic nitrogens is 2. The monoisotopic (exact) mass is 348 g/mol. The van der Waals surface area contributed by atoms with E-state index in [-0.39, 0.29) is 23.7 Å². The van der Waals surface area contributed by atoms with Gasteiger partial charge in [0.2, 0.25) is 15.0 Å². The maximum atomic E-state index is 12.9. The minimum absolute atomic E-state index is 0.0477. The zero-order valence-corrected chi connectivity index (χ0v) is 13.0. The molecule has 1 atom stereocenters. The second-order valence-corrected chi connectivity index (χ2v) is 7.06. The molecule has 1 heterocycles. The van der Waals surface area contributed by atoms with E-state index < -0.39 is 27.7 Å². The summed E-state index contributed by atoms with van der Waals surface area (Å²) in [7, 11) is -3.58. The molecule has 0 spiro atoms. The zero-order chi connectivity index (χ0) is 17.3. The number of alkyl halides is 3. The lowest BCUT2D eigenvalue weighted by molar-refractivity contribution is -0.138. The Morgan fingerprint density at radius 3 is 2.57 bits per heavy atom. The molecular weight excluding hydrogens is 333 g/mol. The van der Waals surface area contributed by atoms with Gasteiger partial charge in [0, 0.05) is 25.1 Å². The first-order valence-corrected chi connectivity index (χ1v) is 8.52. The summed E-state index contributed by atoms with van der Waals surface area (Å²) in [5.74, 6) is 0. The van der Waals surface area contributed by atoms with Crippen molar-refractivity contribution in [3.05, 3.63) is 47.8 Å². The molecular formula is C14H15F3N2O3S. The van der Waals surface area contributed by atoms with Crippen molar-refractivity contribution in [2.75, 3.05) is 6.26 Å². The Kier molecular flexibility index (Phi) is 4.81. The van der Waals surface area contributed by atoms with Crippen LogP contribution in [0.3, 0.4) is 0 Å². The molecule has 2 aromatic rings. The highest BCUT2D eigenvalue weighted by Crippen LogP contribution is 2.32. The Balaban J connectivity index is 2.19. The summed E-state index contributed by atoms with van der Waals surface area (Å²) in [6.45, 7) is -0.172. The van der Waals surface area contributed by atoms with Crippen molar-refractivity contribution in [1.29, 1.82) is 0 Å². The van der Waals surface area contributed by atoms with Gasteiger partial charge < -0.3 is 9.67 Å². The van der Waals surface area contributed by atoms with Crippen LogP contribution < -0.4 is 0 Å². The summed E-state index contributed by atoms with van der Waals surface area (Å²) in [4.78, 5) is 3.69. The number of nitrogens with zero attached hydrogens (tertiary/aromatic N) is 2. The van der Waals surface area contributed by atoms with E-state index >= 15 is 0 Å². The van der Waals surface area contributed by atoms with Crippen molar-refractivity contribution in [1.82, 2.24) is 9.55 Å². The van der Waals surface area contributed by atoms with Crippen LogP contribution >= 0.6 is 0 Å². The van der Waals surface area contributed by atoms with Gasteiger partial charge in [0.25, 0.3) is 0 Å². The first-order chi connectivity index (χ1) is 10.6. The number of aliphatic hydroxyl groups is 1. The molecule has 0 aliphatic carbocycles. The molecule has 0 amide bonds. The van der Waals surface area contributed by atoms with Crippen molar-refractivity contribution >= 4 is 9.84 Å². The van der Waals surface area contributed by atoms with Crippen LogP contribution in [-0.4, -0.2) is 35.4 Å². The molecule has 2 rings (SSSR count). The smallest absolute Gasteiger partial charge is 0.391 e. The highest BCUT2D eigenvalue weighted by Gasteiger charge is 2.33. The van der Waals surface area contributed by atoms with Crippen molar-refractivity contribution in [3.63, 3.8) is 0 Å². The number of halogens is 3. The van der Waals surface area contributed by atoms with Crippen molar-refractivity contribution in [2.45, 2.75) is 30.4 Å². The average molecular weight is 348 g/mol. The van der Waals surface area contributed by atoms with Gasteiger partial charge in [0.1, 0.15) is 0 Å². The van der Waals surface area contributed by atoms with Gasteiger partial charge in [0.05, 0.1) is 18.2 Å². The van der Waals surface area contributed by atoms with E-state index in [1.807, 2.05) is 0 Å². The third kappa shape index (κ3) is 4.32. The highest BCUT2D eigenvalue weighted by atomic mass is 32.2. The second-order valence-electron chi connectivity index (χ2n) is 5.15. The third-order valence-electron chi connectivity index (χ3n) is 3.19. The maximum absolute atomic E-state index is 12.9. The molecule has 0 radical (unpaired) electrons. The normalized spacial score (nSPS) is 14.0. The largest absolute Gasteiger partial charge is 0.416 e. The number of imidazole rings is 1. The molecule has 0 unspecified atom stereocenters. The molecule has 1 aromatic heterocycles. The van der Waals surface area contributed by atoms with Crippen LogP contribution in [0, 0.1) is 0 Å². The van der Waals surface area contributed by atoms with Gasteiger partial charge in [-0.3, -0.25) is 0 Å². The van der Waals surface area contributed by atoms with Crippen LogP contribution in [0.4, 0.5) is 13.2 Å². The van der Waals surface area contributed by atoms with Crippen LogP contribution in [0.5, 0.6) is 0 Å². The fourth-order valence-electron chi connectivity index (χ4n) is 2.28. The first kappa shape index (κ1) is 17.5. The van der Waals surface area contributed by atoms with Crippen LogP contribution in [0.2, 0.25) is 0 Å². The van der Waals surface area contributed by atoms with Gasteiger partial charge >= 0.3 is 6.18 Å². The maximum Gasteiger partial charge on any atom is 0.416 e. The summed E-state index contributed by atoms with van der Waals surface area (Å²) < 4.78 is 63.0. The van der Waals surface area contributed by atoms with Crippen LogP contribution in [-0.2, 0) is 29.0 Å². The quantitative estimate of drug-likeness (QED) is 0.896. The highest BCUT2D eigenvalue weighted by molar-refractivity contribution is 7.90. The molecule has 23 heavy (non-hydrogen) atoms. The topological polar surface area (TPSA) is 72.2 Å². The predicted molar refractivity (Wildman–Crippen MR) is 76.5 cm³/mol. The summed E-state index contributed by atoms with van der Waals surface area (Å²) >= 11 is 0. The SMILES string of the molecule is CS(=O)(=O)c1nccn1C[C@H](O)Cc1ccccc1C(F)(F)F. The summed E-state index contributed by atoms with van der Waals surface area (Å²) in [6, 6.07) is 4.96. The Bertz CT molecular complexity index is 785. The van der Waals surface area contributed by atoms with Crippen LogP contribution in [0.1, 0.15) is 11.1 Å². The van der Waals surface area contributed by atoms with Gasteiger partial charge in [-0.15, -0.1) is 0 Å². The molecule has 0 bridgehead atoms. The molecule has 5 nitrogen and oxygen atoms in total. The molecule has 0 aliphatic rings. The number of sulfone groups is 1. The number of aliphatic hydroxyl groups excluding tert-OH is 1. The van der Waals surface area contributed by atoms with Gasteiger partial charge in [-0.2, -0.15) is 13.2 Å². The zero-order valence-electron chi connectivity index (χ0n) is 12.2. The summed E-state index contributed by atoms with van der Waals surface area (Å²) in [5.41, 5.74) is -0.860. The van der Waals surface area contributed by atoms with E-state index in [2.05, 4.69) is 4.98 Å². The standard InChI is InChI=1S/C14H15F3N2O3S/c1-23(21,22)13-18-6-7-19(13)9-11(20)8-10-4-2-3-5-12(10)14(15,16)17/h2-7,11,20H,8-9H2,1H3/t11-/m1/s1. The molecule has 1 aromatic carbocycles. The van der Waals surface area contributed by atoms with E-state index in [0.29, 0.717) is 0 Å². The van der Waals surface area contributed by atoms with Crippen molar-refractivity contribution in [2.24, 2.45) is 0 Å². The molecule has 1 N–H and O–H groups in total. The van der Waals surface area contributed by atoms with E-state index in [1.165, 1.54) is 35.2 Å². The van der Waals surface area contributed by atoms with Gasteiger partial charge in [-0.1, -0.05) is 18.2 Å². The van der Waals surface area contributed by atoms with Crippen molar-refractivity contribution in [3.8, 4) is 0 Å². The molecule has 0 saturated carbocycles. The van der Waals surface area contributed by atoms with Gasteiger partial charge in [-0.25, -0.2) is 13.4 Å². The lowest BCUT2D eigenvalue weighted by Crippen LogP contribution is -2.22. The Morgan fingerprint density at radius 2 is 1.96 bits per heavy atom. The number of hydrogen-bond acceptors (Lipinski definition) is 4. The van der Waals surface area contributed by atoms with Gasteiger partial charge in [0.15, 0.2) is 0 Å². The van der Waals surface area contributed by atoms with Crippen LogP contribution in [0.25, 0.3) is 0 Å². The molecule has 0 saturated heterocycles. The number of benzene rings is 1. The number of hydrogen-bond donors (Lipinski definition) is 1. The van der Waals surface area contributed by atoms with Gasteiger partial charge in [-0.05, 0) is 11.6 Å². The van der Waals surface area contributed by atoms with Crippen LogP contribution in [0.15, 0.2) is 41.8 Å².